The molecule has 0 bridgehead atoms. The molecule has 0 heterocycles. The van der Waals surface area contributed by atoms with E-state index in [9.17, 15) is 9.90 Å². The van der Waals surface area contributed by atoms with Crippen molar-refractivity contribution in [3.8, 4) is 0 Å². The zero-order valence-electron chi connectivity index (χ0n) is 10.8. The summed E-state index contributed by atoms with van der Waals surface area (Å²) in [5.74, 6) is -0.745. The molecule has 5 N–H and O–H groups in total. The molecule has 4 heteroatoms. The third kappa shape index (κ3) is 3.68. The Balaban J connectivity index is 2.60. The van der Waals surface area contributed by atoms with Crippen LogP contribution in [0.4, 0.5) is 0 Å². The van der Waals surface area contributed by atoms with E-state index in [1.54, 1.807) is 0 Å². The van der Waals surface area contributed by atoms with Crippen LogP contribution in [0.15, 0.2) is 0 Å². The Labute approximate surface area is 104 Å². The van der Waals surface area contributed by atoms with Crippen LogP contribution in [-0.2, 0) is 4.79 Å². The number of carboxylic acids is 1. The van der Waals surface area contributed by atoms with Crippen molar-refractivity contribution in [2.45, 2.75) is 69.9 Å². The molecule has 0 unspecified atom stereocenters. The number of unbranched alkanes of at least 4 members (excludes halogenated alkanes) is 2. The molecular weight excluding hydrogens is 216 g/mol. The smallest absolute Gasteiger partial charge is 0.323 e. The summed E-state index contributed by atoms with van der Waals surface area (Å²) in [6, 6.07) is 0.236. The number of rotatable bonds is 6. The van der Waals surface area contributed by atoms with Crippen LogP contribution in [0.3, 0.4) is 0 Å². The normalized spacial score (nSPS) is 28.6. The topological polar surface area (TPSA) is 89.3 Å². The third-order valence-corrected chi connectivity index (χ3v) is 4.09. The molecular formula is C13H26N2O2. The largest absolute Gasteiger partial charge is 0.480 e. The van der Waals surface area contributed by atoms with Gasteiger partial charge in [0.2, 0.25) is 0 Å². The molecule has 1 aliphatic carbocycles. The van der Waals surface area contributed by atoms with E-state index in [-0.39, 0.29) is 12.0 Å². The monoisotopic (exact) mass is 242 g/mol. The first-order valence-corrected chi connectivity index (χ1v) is 6.78. The van der Waals surface area contributed by atoms with E-state index in [2.05, 4.69) is 6.92 Å². The summed E-state index contributed by atoms with van der Waals surface area (Å²) in [5, 5.41) is 9.39. The molecule has 1 saturated carbocycles. The second-order valence-electron chi connectivity index (χ2n) is 5.41. The SMILES string of the molecule is CCCCC[C@@](N)(C(=O)O)C1CCC(N)CC1. The highest BCUT2D eigenvalue weighted by Gasteiger charge is 2.42. The van der Waals surface area contributed by atoms with Gasteiger partial charge in [0.1, 0.15) is 5.54 Å². The Morgan fingerprint density at radius 3 is 2.35 bits per heavy atom. The molecule has 100 valence electrons. The average molecular weight is 242 g/mol. The van der Waals surface area contributed by atoms with Crippen molar-refractivity contribution in [2.75, 3.05) is 0 Å². The maximum absolute atomic E-state index is 11.4. The third-order valence-electron chi connectivity index (χ3n) is 4.09. The van der Waals surface area contributed by atoms with Gasteiger partial charge in [0.05, 0.1) is 0 Å². The minimum Gasteiger partial charge on any atom is -0.480 e. The fourth-order valence-electron chi connectivity index (χ4n) is 2.79. The van der Waals surface area contributed by atoms with Crippen molar-refractivity contribution in [3.63, 3.8) is 0 Å². The highest BCUT2D eigenvalue weighted by atomic mass is 16.4. The molecule has 0 saturated heterocycles. The molecule has 1 rings (SSSR count). The van der Waals surface area contributed by atoms with Crippen LogP contribution in [0.1, 0.15) is 58.3 Å². The first-order valence-electron chi connectivity index (χ1n) is 6.78. The second kappa shape index (κ2) is 6.36. The first-order chi connectivity index (χ1) is 8.00. The van der Waals surface area contributed by atoms with Crippen LogP contribution in [0, 0.1) is 5.92 Å². The zero-order valence-corrected chi connectivity index (χ0v) is 10.8. The van der Waals surface area contributed by atoms with Crippen molar-refractivity contribution in [1.82, 2.24) is 0 Å². The first kappa shape index (κ1) is 14.5. The van der Waals surface area contributed by atoms with E-state index < -0.39 is 11.5 Å². The molecule has 0 radical (unpaired) electrons. The zero-order chi connectivity index (χ0) is 12.9. The van der Waals surface area contributed by atoms with Gasteiger partial charge < -0.3 is 16.6 Å². The Bertz CT molecular complexity index is 250. The van der Waals surface area contributed by atoms with E-state index in [0.29, 0.717) is 6.42 Å². The van der Waals surface area contributed by atoms with Gasteiger partial charge in [0.25, 0.3) is 0 Å². The molecule has 0 aromatic carbocycles. The van der Waals surface area contributed by atoms with Crippen LogP contribution in [0.25, 0.3) is 0 Å². The molecule has 0 amide bonds. The van der Waals surface area contributed by atoms with Gasteiger partial charge in [-0.25, -0.2) is 0 Å². The summed E-state index contributed by atoms with van der Waals surface area (Å²) >= 11 is 0. The summed E-state index contributed by atoms with van der Waals surface area (Å²) in [4.78, 5) is 11.4. The van der Waals surface area contributed by atoms with Gasteiger partial charge in [-0.1, -0.05) is 26.2 Å². The number of nitrogens with two attached hydrogens (primary N) is 2. The van der Waals surface area contributed by atoms with Gasteiger partial charge in [0.15, 0.2) is 0 Å². The van der Waals surface area contributed by atoms with Crippen molar-refractivity contribution in [2.24, 2.45) is 17.4 Å². The van der Waals surface area contributed by atoms with Gasteiger partial charge in [-0.2, -0.15) is 0 Å². The lowest BCUT2D eigenvalue weighted by Gasteiger charge is -2.37. The molecule has 0 aromatic heterocycles. The van der Waals surface area contributed by atoms with Crippen LogP contribution in [-0.4, -0.2) is 22.7 Å². The summed E-state index contributed by atoms with van der Waals surface area (Å²) in [6.45, 7) is 2.11. The van der Waals surface area contributed by atoms with Crippen molar-refractivity contribution >= 4 is 5.97 Å². The molecule has 0 aliphatic heterocycles. The Morgan fingerprint density at radius 2 is 1.88 bits per heavy atom. The lowest BCUT2D eigenvalue weighted by atomic mass is 9.71. The minimum absolute atomic E-state index is 0.0941. The second-order valence-corrected chi connectivity index (χ2v) is 5.41. The van der Waals surface area contributed by atoms with Crippen LogP contribution >= 0.6 is 0 Å². The van der Waals surface area contributed by atoms with Gasteiger partial charge in [0, 0.05) is 6.04 Å². The van der Waals surface area contributed by atoms with Crippen LogP contribution in [0.2, 0.25) is 0 Å². The fraction of sp³-hybridized carbons (Fsp3) is 0.923. The molecule has 1 aliphatic rings. The van der Waals surface area contributed by atoms with E-state index in [4.69, 9.17) is 11.5 Å². The molecule has 17 heavy (non-hydrogen) atoms. The molecule has 0 spiro atoms. The summed E-state index contributed by atoms with van der Waals surface area (Å²) in [5.41, 5.74) is 11.0. The van der Waals surface area contributed by atoms with Gasteiger partial charge in [-0.15, -0.1) is 0 Å². The lowest BCUT2D eigenvalue weighted by molar-refractivity contribution is -0.146. The summed E-state index contributed by atoms with van der Waals surface area (Å²) in [6.07, 6.45) is 7.17. The predicted molar refractivity (Wildman–Crippen MR) is 68.6 cm³/mol. The Morgan fingerprint density at radius 1 is 1.29 bits per heavy atom. The fourth-order valence-corrected chi connectivity index (χ4v) is 2.79. The standard InChI is InChI=1S/C13H26N2O2/c1-2-3-4-9-13(15,12(16)17)10-5-7-11(14)8-6-10/h10-11H,2-9,14-15H2,1H3,(H,16,17)/t10?,11?,13-/m0/s1. The van der Waals surface area contributed by atoms with Crippen molar-refractivity contribution in [3.05, 3.63) is 0 Å². The lowest BCUT2D eigenvalue weighted by Crippen LogP contribution is -2.55. The van der Waals surface area contributed by atoms with Crippen molar-refractivity contribution < 1.29 is 9.90 Å². The molecule has 1 atom stereocenters. The molecule has 0 aromatic rings. The number of carboxylic acid groups (broad SMARTS) is 1. The van der Waals surface area contributed by atoms with E-state index >= 15 is 0 Å². The van der Waals surface area contributed by atoms with Crippen molar-refractivity contribution in [1.29, 1.82) is 0 Å². The summed E-state index contributed by atoms with van der Waals surface area (Å²) in [7, 11) is 0. The van der Waals surface area contributed by atoms with Crippen LogP contribution in [0.5, 0.6) is 0 Å². The molecule has 4 nitrogen and oxygen atoms in total. The predicted octanol–water partition coefficient (Wildman–Crippen LogP) is 1.87. The van der Waals surface area contributed by atoms with E-state index in [1.807, 2.05) is 0 Å². The minimum atomic E-state index is -1.03. The Hall–Kier alpha value is -0.610. The number of aliphatic carboxylic acids is 1. The van der Waals surface area contributed by atoms with Crippen LogP contribution < -0.4 is 11.5 Å². The van der Waals surface area contributed by atoms with Gasteiger partial charge >= 0.3 is 5.97 Å². The number of hydrogen-bond donors (Lipinski definition) is 3. The van der Waals surface area contributed by atoms with Gasteiger partial charge in [-0.05, 0) is 38.0 Å². The number of carbonyl (C=O) groups is 1. The number of hydrogen-bond acceptors (Lipinski definition) is 3. The quantitative estimate of drug-likeness (QED) is 0.620. The van der Waals surface area contributed by atoms with E-state index in [1.165, 1.54) is 0 Å². The average Bonchev–Trinajstić information content (AvgIpc) is 2.29. The highest BCUT2D eigenvalue weighted by Crippen LogP contribution is 2.34. The summed E-state index contributed by atoms with van der Waals surface area (Å²) < 4.78 is 0. The maximum Gasteiger partial charge on any atom is 0.323 e. The highest BCUT2D eigenvalue weighted by molar-refractivity contribution is 5.78. The van der Waals surface area contributed by atoms with Gasteiger partial charge in [-0.3, -0.25) is 4.79 Å². The molecule has 1 fully saturated rings. The van der Waals surface area contributed by atoms with E-state index in [0.717, 1.165) is 44.9 Å². The Kier molecular flexibility index (Phi) is 5.40. The maximum atomic E-state index is 11.4.